The SMILES string of the molecule is Cc1nc(-c2c3n(c(=O)n(CC(=O)Nc4ccc(C)c(C)c4)c2=O)CCCC3)no1. The maximum Gasteiger partial charge on any atom is 0.331 e. The molecule has 0 radical (unpaired) electrons. The van der Waals surface area contributed by atoms with Crippen molar-refractivity contribution >= 4 is 11.6 Å². The zero-order valence-electron chi connectivity index (χ0n) is 17.2. The molecule has 30 heavy (non-hydrogen) atoms. The number of nitrogens with zero attached hydrogens (tertiary/aromatic N) is 4. The molecule has 0 saturated carbocycles. The predicted molar refractivity (Wildman–Crippen MR) is 110 cm³/mol. The summed E-state index contributed by atoms with van der Waals surface area (Å²) in [6.45, 7) is 5.65. The van der Waals surface area contributed by atoms with Crippen LogP contribution in [-0.4, -0.2) is 25.2 Å². The molecule has 1 aromatic carbocycles. The Bertz CT molecular complexity index is 1250. The van der Waals surface area contributed by atoms with Gasteiger partial charge in [-0.15, -0.1) is 0 Å². The van der Waals surface area contributed by atoms with Crippen LogP contribution in [0.3, 0.4) is 0 Å². The highest BCUT2D eigenvalue weighted by Crippen LogP contribution is 2.21. The van der Waals surface area contributed by atoms with Crippen molar-refractivity contribution < 1.29 is 9.32 Å². The van der Waals surface area contributed by atoms with Gasteiger partial charge >= 0.3 is 5.69 Å². The minimum atomic E-state index is -0.579. The average Bonchev–Trinajstić information content (AvgIpc) is 3.14. The molecule has 0 unspecified atom stereocenters. The van der Waals surface area contributed by atoms with E-state index in [2.05, 4.69) is 15.5 Å². The first-order chi connectivity index (χ1) is 14.3. The van der Waals surface area contributed by atoms with Gasteiger partial charge < -0.3 is 9.84 Å². The maximum absolute atomic E-state index is 13.2. The summed E-state index contributed by atoms with van der Waals surface area (Å²) in [5.74, 6) is 0.0136. The first-order valence-corrected chi connectivity index (χ1v) is 9.89. The lowest BCUT2D eigenvalue weighted by atomic mass is 10.0. The fraction of sp³-hybridized carbons (Fsp3) is 0.381. The summed E-state index contributed by atoms with van der Waals surface area (Å²) < 4.78 is 7.54. The first kappa shape index (κ1) is 19.8. The van der Waals surface area contributed by atoms with Gasteiger partial charge in [-0.1, -0.05) is 11.2 Å². The van der Waals surface area contributed by atoms with Gasteiger partial charge in [-0.25, -0.2) is 4.79 Å². The zero-order valence-corrected chi connectivity index (χ0v) is 17.2. The highest BCUT2D eigenvalue weighted by molar-refractivity contribution is 5.90. The molecular formula is C21H23N5O4. The summed E-state index contributed by atoms with van der Waals surface area (Å²) in [4.78, 5) is 43.0. The number of benzene rings is 1. The van der Waals surface area contributed by atoms with Crippen LogP contribution in [0.15, 0.2) is 32.3 Å². The van der Waals surface area contributed by atoms with E-state index in [1.54, 1.807) is 17.6 Å². The van der Waals surface area contributed by atoms with Crippen LogP contribution >= 0.6 is 0 Å². The highest BCUT2D eigenvalue weighted by Gasteiger charge is 2.26. The molecule has 156 valence electrons. The molecular weight excluding hydrogens is 386 g/mol. The molecule has 0 atom stereocenters. The number of hydrogen-bond donors (Lipinski definition) is 1. The Morgan fingerprint density at radius 3 is 2.67 bits per heavy atom. The molecule has 1 amide bonds. The van der Waals surface area contributed by atoms with Gasteiger partial charge in [0.05, 0.1) is 0 Å². The van der Waals surface area contributed by atoms with E-state index in [4.69, 9.17) is 4.52 Å². The number of anilines is 1. The third-order valence-corrected chi connectivity index (χ3v) is 5.42. The van der Waals surface area contributed by atoms with Crippen molar-refractivity contribution in [1.29, 1.82) is 0 Å². The fourth-order valence-electron chi connectivity index (χ4n) is 3.72. The predicted octanol–water partition coefficient (Wildman–Crippen LogP) is 1.96. The normalized spacial score (nSPS) is 13.2. The lowest BCUT2D eigenvalue weighted by Gasteiger charge is -2.21. The standard InChI is InChI=1S/C21H23N5O4/c1-12-7-8-15(10-13(12)2)23-17(27)11-26-20(28)18(19-22-14(3)30-24-19)16-6-4-5-9-25(16)21(26)29/h7-8,10H,4-6,9,11H2,1-3H3,(H,23,27). The summed E-state index contributed by atoms with van der Waals surface area (Å²) in [5, 5.41) is 6.63. The third kappa shape index (κ3) is 3.58. The zero-order chi connectivity index (χ0) is 21.4. The molecule has 0 aliphatic carbocycles. The molecule has 2 aromatic heterocycles. The van der Waals surface area contributed by atoms with Crippen LogP contribution in [0.4, 0.5) is 5.69 Å². The fourth-order valence-corrected chi connectivity index (χ4v) is 3.72. The summed E-state index contributed by atoms with van der Waals surface area (Å²) in [6.07, 6.45) is 2.26. The molecule has 4 rings (SSSR count). The second kappa shape index (κ2) is 7.74. The van der Waals surface area contributed by atoms with Crippen molar-refractivity contribution in [1.82, 2.24) is 19.3 Å². The number of nitrogens with one attached hydrogen (secondary N) is 1. The molecule has 1 aliphatic heterocycles. The van der Waals surface area contributed by atoms with Crippen molar-refractivity contribution in [3.63, 3.8) is 0 Å². The minimum absolute atomic E-state index is 0.145. The van der Waals surface area contributed by atoms with Crippen LogP contribution < -0.4 is 16.6 Å². The Kier molecular flexibility index (Phi) is 5.11. The van der Waals surface area contributed by atoms with E-state index in [0.29, 0.717) is 30.2 Å². The molecule has 3 aromatic rings. The van der Waals surface area contributed by atoms with E-state index in [0.717, 1.165) is 28.5 Å². The molecule has 1 aliphatic rings. The molecule has 1 N–H and O–H groups in total. The summed E-state index contributed by atoms with van der Waals surface area (Å²) in [7, 11) is 0. The van der Waals surface area contributed by atoms with Crippen LogP contribution in [0.5, 0.6) is 0 Å². The van der Waals surface area contributed by atoms with Gasteiger partial charge in [0.1, 0.15) is 12.1 Å². The molecule has 9 heteroatoms. The van der Waals surface area contributed by atoms with E-state index in [9.17, 15) is 14.4 Å². The van der Waals surface area contributed by atoms with E-state index in [1.807, 2.05) is 26.0 Å². The minimum Gasteiger partial charge on any atom is -0.339 e. The topological polar surface area (TPSA) is 112 Å². The second-order valence-corrected chi connectivity index (χ2v) is 7.59. The van der Waals surface area contributed by atoms with Crippen LogP contribution in [0, 0.1) is 20.8 Å². The van der Waals surface area contributed by atoms with Gasteiger partial charge in [-0.2, -0.15) is 4.98 Å². The number of aromatic nitrogens is 4. The lowest BCUT2D eigenvalue weighted by Crippen LogP contribution is -2.45. The number of carbonyl (C=O) groups excluding carboxylic acids is 1. The molecule has 3 heterocycles. The van der Waals surface area contributed by atoms with E-state index in [-0.39, 0.29) is 11.4 Å². The van der Waals surface area contributed by atoms with Crippen LogP contribution in [0.2, 0.25) is 0 Å². The van der Waals surface area contributed by atoms with Crippen LogP contribution in [0.1, 0.15) is 35.6 Å². The number of fused-ring (bicyclic) bond motifs is 1. The summed E-state index contributed by atoms with van der Waals surface area (Å²) in [5.41, 5.74) is 2.51. The molecule has 0 spiro atoms. The number of carbonyl (C=O) groups is 1. The van der Waals surface area contributed by atoms with Gasteiger partial charge in [0.15, 0.2) is 0 Å². The number of hydrogen-bond acceptors (Lipinski definition) is 6. The van der Waals surface area contributed by atoms with Crippen LogP contribution in [-0.2, 0) is 24.3 Å². The maximum atomic E-state index is 13.2. The smallest absolute Gasteiger partial charge is 0.331 e. The highest BCUT2D eigenvalue weighted by atomic mass is 16.5. The number of amides is 1. The largest absolute Gasteiger partial charge is 0.339 e. The van der Waals surface area contributed by atoms with Gasteiger partial charge in [-0.3, -0.25) is 18.7 Å². The van der Waals surface area contributed by atoms with Crippen molar-refractivity contribution in [3.8, 4) is 11.4 Å². The van der Waals surface area contributed by atoms with Gasteiger partial charge in [0.2, 0.25) is 17.6 Å². The molecule has 0 bridgehead atoms. The summed E-state index contributed by atoms with van der Waals surface area (Å²) >= 11 is 0. The number of rotatable bonds is 4. The van der Waals surface area contributed by atoms with E-state index >= 15 is 0 Å². The van der Waals surface area contributed by atoms with E-state index < -0.39 is 23.7 Å². The van der Waals surface area contributed by atoms with Gasteiger partial charge in [-0.05, 0) is 56.4 Å². The average molecular weight is 409 g/mol. The Morgan fingerprint density at radius 2 is 1.97 bits per heavy atom. The Hall–Kier alpha value is -3.49. The molecule has 0 saturated heterocycles. The Labute approximate surface area is 172 Å². The summed E-state index contributed by atoms with van der Waals surface area (Å²) in [6, 6.07) is 5.54. The monoisotopic (exact) mass is 409 g/mol. The van der Waals surface area contributed by atoms with E-state index in [1.165, 1.54) is 0 Å². The first-order valence-electron chi connectivity index (χ1n) is 9.89. The van der Waals surface area contributed by atoms with Crippen molar-refractivity contribution in [2.45, 2.75) is 53.1 Å². The Morgan fingerprint density at radius 1 is 1.17 bits per heavy atom. The van der Waals surface area contributed by atoms with Crippen molar-refractivity contribution in [2.75, 3.05) is 5.32 Å². The van der Waals surface area contributed by atoms with Crippen LogP contribution in [0.25, 0.3) is 11.4 Å². The Balaban J connectivity index is 1.74. The van der Waals surface area contributed by atoms with Gasteiger partial charge in [0, 0.05) is 24.8 Å². The van der Waals surface area contributed by atoms with Gasteiger partial charge in [0.25, 0.3) is 5.56 Å². The molecule has 9 nitrogen and oxygen atoms in total. The lowest BCUT2D eigenvalue weighted by molar-refractivity contribution is -0.116. The third-order valence-electron chi connectivity index (χ3n) is 5.42. The quantitative estimate of drug-likeness (QED) is 0.705. The second-order valence-electron chi connectivity index (χ2n) is 7.59. The number of aryl methyl sites for hydroxylation is 3. The molecule has 0 fully saturated rings. The van der Waals surface area contributed by atoms with Crippen molar-refractivity contribution in [2.24, 2.45) is 0 Å². The van der Waals surface area contributed by atoms with Crippen molar-refractivity contribution in [3.05, 3.63) is 61.7 Å².